The van der Waals surface area contributed by atoms with Gasteiger partial charge in [0.2, 0.25) is 0 Å². The zero-order valence-electron chi connectivity index (χ0n) is 25.5. The number of nitrogens with one attached hydrogen (secondary N) is 1. The quantitative estimate of drug-likeness (QED) is 0.295. The van der Waals surface area contributed by atoms with Crippen molar-refractivity contribution in [3.05, 3.63) is 51.0 Å². The van der Waals surface area contributed by atoms with E-state index in [9.17, 15) is 9.59 Å². The maximum absolute atomic E-state index is 13.7. The number of carbonyl (C=O) groups excluding carboxylic acids is 2. The number of carbonyl (C=O) groups is 2. The molecule has 1 aliphatic heterocycles. The first-order valence-corrected chi connectivity index (χ1v) is 15.3. The molecule has 3 rings (SSSR count). The van der Waals surface area contributed by atoms with E-state index in [0.29, 0.717) is 37.5 Å². The maximum Gasteiger partial charge on any atom is 0.407 e. The SMILES string of the molecule is CCCN(Cc1ccc(CN(C)C)nc1)C(=O)C1=Cc2sc(CCCCCNC(=O)OC(C)(C)C)cc2N=C(N)C1. The number of unbranched alkanes of at least 4 members (excludes halogenated alkanes) is 2. The Labute approximate surface area is 248 Å². The number of hydrogen-bond donors (Lipinski definition) is 2. The van der Waals surface area contributed by atoms with Gasteiger partial charge in [0.25, 0.3) is 5.91 Å². The Morgan fingerprint density at radius 2 is 1.93 bits per heavy atom. The second-order valence-corrected chi connectivity index (χ2v) is 12.9. The molecule has 10 heteroatoms. The molecular weight excluding hydrogens is 536 g/mol. The normalized spacial score (nSPS) is 13.2. The molecule has 0 saturated heterocycles. The Kier molecular flexibility index (Phi) is 11.9. The van der Waals surface area contributed by atoms with E-state index in [1.807, 2.05) is 58.1 Å². The van der Waals surface area contributed by atoms with Crippen molar-refractivity contribution in [1.82, 2.24) is 20.1 Å². The fourth-order valence-electron chi connectivity index (χ4n) is 4.51. The molecule has 224 valence electrons. The minimum absolute atomic E-state index is 0.0114. The van der Waals surface area contributed by atoms with Crippen LogP contribution < -0.4 is 11.1 Å². The number of aromatic nitrogens is 1. The number of fused-ring (bicyclic) bond motifs is 1. The first-order chi connectivity index (χ1) is 19.4. The second-order valence-electron chi connectivity index (χ2n) is 11.8. The van der Waals surface area contributed by atoms with Crippen molar-refractivity contribution in [3.63, 3.8) is 0 Å². The van der Waals surface area contributed by atoms with Crippen molar-refractivity contribution in [2.24, 2.45) is 10.7 Å². The van der Waals surface area contributed by atoms with Crippen LogP contribution in [0, 0.1) is 0 Å². The molecule has 3 heterocycles. The largest absolute Gasteiger partial charge is 0.444 e. The van der Waals surface area contributed by atoms with E-state index >= 15 is 0 Å². The molecule has 9 nitrogen and oxygen atoms in total. The van der Waals surface area contributed by atoms with E-state index < -0.39 is 5.60 Å². The van der Waals surface area contributed by atoms with Gasteiger partial charge in [0, 0.05) is 49.2 Å². The highest BCUT2D eigenvalue weighted by atomic mass is 32.1. The minimum atomic E-state index is -0.490. The molecule has 2 amide bonds. The molecule has 2 aromatic rings. The molecule has 0 spiro atoms. The molecule has 0 aliphatic carbocycles. The van der Waals surface area contributed by atoms with Crippen molar-refractivity contribution >= 4 is 40.9 Å². The zero-order valence-corrected chi connectivity index (χ0v) is 26.3. The van der Waals surface area contributed by atoms with Gasteiger partial charge in [0.05, 0.1) is 16.3 Å². The van der Waals surface area contributed by atoms with Gasteiger partial charge in [-0.3, -0.25) is 9.78 Å². The molecule has 0 atom stereocenters. The van der Waals surface area contributed by atoms with Gasteiger partial charge in [-0.25, -0.2) is 9.79 Å². The zero-order chi connectivity index (χ0) is 30.0. The van der Waals surface area contributed by atoms with Crippen molar-refractivity contribution in [3.8, 4) is 0 Å². The average molecular weight is 583 g/mol. The summed E-state index contributed by atoms with van der Waals surface area (Å²) in [6.07, 6.45) is 8.43. The number of rotatable bonds is 13. The number of alkyl carbamates (subject to hydrolysis) is 1. The van der Waals surface area contributed by atoms with Gasteiger partial charge in [-0.05, 0) is 84.3 Å². The average Bonchev–Trinajstić information content (AvgIpc) is 3.17. The van der Waals surface area contributed by atoms with E-state index in [2.05, 4.69) is 39.2 Å². The summed E-state index contributed by atoms with van der Waals surface area (Å²) in [5, 5.41) is 2.81. The number of hydrogen-bond acceptors (Lipinski definition) is 8. The van der Waals surface area contributed by atoms with E-state index in [1.54, 1.807) is 11.3 Å². The lowest BCUT2D eigenvalue weighted by Crippen LogP contribution is -2.33. The van der Waals surface area contributed by atoms with Crippen molar-refractivity contribution in [2.75, 3.05) is 27.2 Å². The van der Waals surface area contributed by atoms with Gasteiger partial charge >= 0.3 is 6.09 Å². The number of nitrogens with two attached hydrogens (primary N) is 1. The Hall–Kier alpha value is -3.24. The summed E-state index contributed by atoms with van der Waals surface area (Å²) >= 11 is 1.67. The molecule has 41 heavy (non-hydrogen) atoms. The van der Waals surface area contributed by atoms with Gasteiger partial charge in [-0.15, -0.1) is 11.3 Å². The number of pyridine rings is 1. The summed E-state index contributed by atoms with van der Waals surface area (Å²) < 4.78 is 5.27. The fraction of sp³-hybridized carbons (Fsp3) is 0.548. The summed E-state index contributed by atoms with van der Waals surface area (Å²) in [4.78, 5) is 40.8. The molecule has 0 aromatic carbocycles. The standard InChI is InChI=1S/C31H46N6O3S/c1-7-15-37(20-22-12-13-24(34-19-22)21-36(5)6)29(38)23-16-27-26(35-28(32)17-23)18-25(41-27)11-9-8-10-14-33-30(39)40-31(2,3)4/h12-13,16,18-19H,7-11,14-15,17,20-21H2,1-6H3,(H2,32,35)(H,33,39). The van der Waals surface area contributed by atoms with Crippen molar-refractivity contribution < 1.29 is 14.3 Å². The summed E-state index contributed by atoms with van der Waals surface area (Å²) in [7, 11) is 4.03. The predicted octanol–water partition coefficient (Wildman–Crippen LogP) is 5.66. The highest BCUT2D eigenvalue weighted by Crippen LogP contribution is 2.35. The fourth-order valence-corrected chi connectivity index (χ4v) is 5.62. The first-order valence-electron chi connectivity index (χ1n) is 14.4. The summed E-state index contributed by atoms with van der Waals surface area (Å²) in [5.74, 6) is 0.440. The lowest BCUT2D eigenvalue weighted by Gasteiger charge is -2.23. The van der Waals surface area contributed by atoms with E-state index in [0.717, 1.165) is 60.5 Å². The van der Waals surface area contributed by atoms with Crippen LogP contribution in [0.5, 0.6) is 0 Å². The van der Waals surface area contributed by atoms with Gasteiger partial charge in [0.15, 0.2) is 0 Å². The predicted molar refractivity (Wildman–Crippen MR) is 167 cm³/mol. The molecule has 0 bridgehead atoms. The number of thiophene rings is 1. The summed E-state index contributed by atoms with van der Waals surface area (Å²) in [6.45, 7) is 10.2. The van der Waals surface area contributed by atoms with Crippen molar-refractivity contribution in [2.45, 2.75) is 84.9 Å². The molecule has 2 aromatic heterocycles. The molecule has 3 N–H and O–H groups in total. The Bertz CT molecular complexity index is 1230. The van der Waals surface area contributed by atoms with Crippen LogP contribution >= 0.6 is 11.3 Å². The molecule has 0 saturated carbocycles. The monoisotopic (exact) mass is 582 g/mol. The van der Waals surface area contributed by atoms with E-state index in [4.69, 9.17) is 10.5 Å². The Morgan fingerprint density at radius 3 is 2.59 bits per heavy atom. The molecule has 0 unspecified atom stereocenters. The highest BCUT2D eigenvalue weighted by molar-refractivity contribution is 7.13. The molecule has 0 fully saturated rings. The third-order valence-corrected chi connectivity index (χ3v) is 7.42. The summed E-state index contributed by atoms with van der Waals surface area (Å²) in [6, 6.07) is 6.16. The number of ether oxygens (including phenoxy) is 1. The molecule has 0 radical (unpaired) electrons. The Balaban J connectivity index is 1.60. The van der Waals surface area contributed by atoms with E-state index in [1.165, 1.54) is 4.88 Å². The second kappa shape index (κ2) is 15.1. The van der Waals surface area contributed by atoms with Gasteiger partial charge in [-0.1, -0.05) is 19.4 Å². The maximum atomic E-state index is 13.7. The molecule has 1 aliphatic rings. The van der Waals surface area contributed by atoms with Crippen LogP contribution in [0.1, 0.15) is 80.8 Å². The topological polar surface area (TPSA) is 113 Å². The number of amides is 2. The number of aryl methyl sites for hydroxylation is 1. The summed E-state index contributed by atoms with van der Waals surface area (Å²) in [5.41, 5.74) is 9.29. The van der Waals surface area contributed by atoms with E-state index in [-0.39, 0.29) is 12.0 Å². The number of amidine groups is 1. The van der Waals surface area contributed by atoms with Crippen LogP contribution in [0.2, 0.25) is 0 Å². The lowest BCUT2D eigenvalue weighted by atomic mass is 10.1. The van der Waals surface area contributed by atoms with Gasteiger partial charge in [-0.2, -0.15) is 0 Å². The van der Waals surface area contributed by atoms with Crippen LogP contribution in [0.4, 0.5) is 10.5 Å². The van der Waals surface area contributed by atoms with Crippen LogP contribution in [0.25, 0.3) is 6.08 Å². The first kappa shape index (κ1) is 32.3. The van der Waals surface area contributed by atoms with Gasteiger partial charge < -0.3 is 25.6 Å². The molecular formula is C31H46N6O3S. The lowest BCUT2D eigenvalue weighted by molar-refractivity contribution is -0.127. The minimum Gasteiger partial charge on any atom is -0.444 e. The van der Waals surface area contributed by atoms with Crippen LogP contribution in [0.3, 0.4) is 0 Å². The Morgan fingerprint density at radius 1 is 1.15 bits per heavy atom. The van der Waals surface area contributed by atoms with Crippen LogP contribution in [0.15, 0.2) is 35.0 Å². The van der Waals surface area contributed by atoms with Crippen LogP contribution in [-0.2, 0) is 29.0 Å². The van der Waals surface area contributed by atoms with Crippen molar-refractivity contribution in [1.29, 1.82) is 0 Å². The highest BCUT2D eigenvalue weighted by Gasteiger charge is 2.23. The van der Waals surface area contributed by atoms with Crippen LogP contribution in [-0.4, -0.2) is 65.4 Å². The number of nitrogens with zero attached hydrogens (tertiary/aromatic N) is 4. The number of aliphatic imine (C=N–C) groups is 1. The van der Waals surface area contributed by atoms with Gasteiger partial charge in [0.1, 0.15) is 11.4 Å². The smallest absolute Gasteiger partial charge is 0.407 e. The third-order valence-electron chi connectivity index (χ3n) is 6.29. The third kappa shape index (κ3) is 10.9.